The summed E-state index contributed by atoms with van der Waals surface area (Å²) in [6, 6.07) is 1.92. The molecule has 0 amide bonds. The van der Waals surface area contributed by atoms with E-state index >= 15 is 0 Å². The van der Waals surface area contributed by atoms with Crippen molar-refractivity contribution >= 4 is 34.7 Å². The Morgan fingerprint density at radius 1 is 1.20 bits per heavy atom. The summed E-state index contributed by atoms with van der Waals surface area (Å²) >= 11 is -1.07. The van der Waals surface area contributed by atoms with Gasteiger partial charge in [-0.05, 0) is 30.1 Å². The fourth-order valence-corrected chi connectivity index (χ4v) is 5.05. The van der Waals surface area contributed by atoms with Crippen LogP contribution in [0.4, 0.5) is 30.8 Å². The minimum absolute atomic E-state index is 0.0609. The van der Waals surface area contributed by atoms with Crippen molar-refractivity contribution in [3.8, 4) is 0 Å². The summed E-state index contributed by atoms with van der Waals surface area (Å²) in [5, 5.41) is 20.2. The monoisotopic (exact) mass is 515 g/mol. The molecule has 0 bridgehead atoms. The normalized spacial score (nSPS) is 20.5. The smallest absolute Gasteiger partial charge is 0.490 e. The average Bonchev–Trinajstić information content (AvgIpc) is 3.52. The zero-order chi connectivity index (χ0) is 25.2. The minimum Gasteiger partial charge on any atom is -0.611 e. The zero-order valence-corrected chi connectivity index (χ0v) is 19.3. The minimum atomic E-state index is -5.08. The first-order valence-electron chi connectivity index (χ1n) is 10.9. The number of nitrogens with zero attached hydrogens (tertiary/aromatic N) is 6. The molecule has 35 heavy (non-hydrogen) atoms. The highest BCUT2D eigenvalue weighted by atomic mass is 32.2. The first kappa shape index (κ1) is 25.2. The fourth-order valence-electron chi connectivity index (χ4n) is 3.74. The number of aliphatic carboxylic acids is 1. The fraction of sp³-hybridized carbons (Fsp3) is 0.550. The highest BCUT2D eigenvalue weighted by molar-refractivity contribution is 7.91. The van der Waals surface area contributed by atoms with Crippen molar-refractivity contribution in [1.82, 2.24) is 19.9 Å². The number of aromatic nitrogens is 4. The van der Waals surface area contributed by atoms with Gasteiger partial charge in [0.2, 0.25) is 10.8 Å². The van der Waals surface area contributed by atoms with Crippen molar-refractivity contribution in [1.29, 1.82) is 0 Å². The molecule has 2 aliphatic heterocycles. The number of nitrogens with one attached hydrogen (secondary N) is 1. The van der Waals surface area contributed by atoms with Gasteiger partial charge in [0.15, 0.2) is 5.82 Å². The number of anilines is 3. The summed E-state index contributed by atoms with van der Waals surface area (Å²) in [7, 11) is 0. The van der Waals surface area contributed by atoms with Crippen LogP contribution in [0.15, 0.2) is 23.5 Å². The van der Waals surface area contributed by atoms with Crippen molar-refractivity contribution in [2.45, 2.75) is 35.9 Å². The summed E-state index contributed by atoms with van der Waals surface area (Å²) < 4.78 is 44.2. The molecule has 3 aliphatic rings. The van der Waals surface area contributed by atoms with Crippen molar-refractivity contribution in [3.05, 3.63) is 24.3 Å². The SMILES string of the molecule is O=C(O)C(F)(F)F.[O-][S+]1CCc2nc(N3CCN(c4ccncn4)CC3)nc(NC3(CO)CC3)c21. The third-order valence-corrected chi connectivity index (χ3v) is 7.37. The molecule has 3 N–H and O–H groups in total. The maximum atomic E-state index is 12.5. The molecule has 0 aromatic carbocycles. The number of hydrogen-bond acceptors (Lipinski definition) is 10. The molecule has 1 aliphatic carbocycles. The van der Waals surface area contributed by atoms with Crippen LogP contribution in [-0.4, -0.2) is 90.9 Å². The molecule has 0 radical (unpaired) electrons. The molecule has 5 rings (SSSR count). The lowest BCUT2D eigenvalue weighted by molar-refractivity contribution is -0.192. The van der Waals surface area contributed by atoms with E-state index in [2.05, 4.69) is 25.1 Å². The van der Waals surface area contributed by atoms with E-state index in [0.29, 0.717) is 23.9 Å². The number of fused-ring (bicyclic) bond motifs is 1. The van der Waals surface area contributed by atoms with Gasteiger partial charge in [0.25, 0.3) is 0 Å². The molecule has 4 heterocycles. The number of carboxylic acid groups (broad SMARTS) is 1. The molecule has 1 saturated carbocycles. The van der Waals surface area contributed by atoms with E-state index in [9.17, 15) is 22.8 Å². The summed E-state index contributed by atoms with van der Waals surface area (Å²) in [6.07, 6.45) is 0.756. The number of aliphatic hydroxyl groups is 1. The van der Waals surface area contributed by atoms with E-state index in [0.717, 1.165) is 55.4 Å². The topological polar surface area (TPSA) is 151 Å². The van der Waals surface area contributed by atoms with Crippen LogP contribution in [0.2, 0.25) is 0 Å². The second-order valence-electron chi connectivity index (χ2n) is 8.36. The van der Waals surface area contributed by atoms with Crippen LogP contribution in [0.1, 0.15) is 18.5 Å². The summed E-state index contributed by atoms with van der Waals surface area (Å²) in [4.78, 5) is 31.8. The van der Waals surface area contributed by atoms with E-state index in [1.54, 1.807) is 12.5 Å². The van der Waals surface area contributed by atoms with Crippen molar-refractivity contribution in [3.63, 3.8) is 0 Å². The Hall–Kier alpha value is -2.91. The third kappa shape index (κ3) is 5.85. The second-order valence-corrected chi connectivity index (χ2v) is 9.86. The number of hydrogen-bond donors (Lipinski definition) is 3. The standard InChI is InChI=1S/C18H23N7O2S.C2HF3O2/c26-11-18(3-4-18)23-16-15-13(2-10-28(15)27)21-17(22-16)25-8-6-24(7-9-25)14-1-5-19-12-20-14;3-2(4,5)1(6)7/h1,5,12,26H,2-4,6-11H2,(H,21,22,23);(H,6,7). The van der Waals surface area contributed by atoms with Gasteiger partial charge in [-0.2, -0.15) is 18.2 Å². The molecule has 2 aromatic rings. The molecule has 190 valence electrons. The first-order valence-corrected chi connectivity index (χ1v) is 12.2. The van der Waals surface area contributed by atoms with Crippen LogP contribution >= 0.6 is 0 Å². The van der Waals surface area contributed by atoms with E-state index < -0.39 is 23.3 Å². The highest BCUT2D eigenvalue weighted by Gasteiger charge is 2.45. The van der Waals surface area contributed by atoms with Gasteiger partial charge in [0.1, 0.15) is 23.6 Å². The van der Waals surface area contributed by atoms with Gasteiger partial charge in [-0.15, -0.1) is 0 Å². The predicted octanol–water partition coefficient (Wildman–Crippen LogP) is 0.827. The van der Waals surface area contributed by atoms with Gasteiger partial charge in [-0.1, -0.05) is 0 Å². The molecule has 15 heteroatoms. The molecule has 0 spiro atoms. The largest absolute Gasteiger partial charge is 0.611 e. The van der Waals surface area contributed by atoms with Crippen LogP contribution in [-0.2, 0) is 22.4 Å². The number of rotatable bonds is 5. The van der Waals surface area contributed by atoms with Crippen molar-refractivity contribution in [2.24, 2.45) is 0 Å². The molecule has 2 aromatic heterocycles. The molecule has 1 atom stereocenters. The van der Waals surface area contributed by atoms with Crippen LogP contribution < -0.4 is 15.1 Å². The summed E-state index contributed by atoms with van der Waals surface area (Å²) in [6.45, 7) is 3.29. The summed E-state index contributed by atoms with van der Waals surface area (Å²) in [5.41, 5.74) is 0.565. The van der Waals surface area contributed by atoms with Gasteiger partial charge < -0.3 is 29.9 Å². The molecule has 1 saturated heterocycles. The highest BCUT2D eigenvalue weighted by Crippen LogP contribution is 2.41. The van der Waals surface area contributed by atoms with Gasteiger partial charge >= 0.3 is 12.1 Å². The number of carbonyl (C=O) groups is 1. The zero-order valence-electron chi connectivity index (χ0n) is 18.5. The number of halogens is 3. The average molecular weight is 516 g/mol. The number of carboxylic acids is 1. The summed E-state index contributed by atoms with van der Waals surface area (Å²) in [5.74, 6) is 0.0840. The Labute approximate surface area is 201 Å². The van der Waals surface area contributed by atoms with Gasteiger partial charge in [0, 0.05) is 38.8 Å². The molecule has 11 nitrogen and oxygen atoms in total. The Morgan fingerprint density at radius 2 is 1.86 bits per heavy atom. The van der Waals surface area contributed by atoms with Gasteiger partial charge in [-0.3, -0.25) is 0 Å². The Balaban J connectivity index is 0.000000364. The van der Waals surface area contributed by atoms with E-state index in [1.807, 2.05) is 6.07 Å². The lowest BCUT2D eigenvalue weighted by Crippen LogP contribution is -2.47. The van der Waals surface area contributed by atoms with Crippen molar-refractivity contribution in [2.75, 3.05) is 53.7 Å². The Morgan fingerprint density at radius 3 is 2.40 bits per heavy atom. The van der Waals surface area contributed by atoms with Crippen LogP contribution in [0.5, 0.6) is 0 Å². The van der Waals surface area contributed by atoms with Crippen LogP contribution in [0.3, 0.4) is 0 Å². The molecular formula is C20H24F3N7O4S. The first-order chi connectivity index (χ1) is 16.6. The Kier molecular flexibility index (Phi) is 7.19. The van der Waals surface area contributed by atoms with Gasteiger partial charge in [-0.25, -0.2) is 19.7 Å². The van der Waals surface area contributed by atoms with Crippen molar-refractivity contribution < 1.29 is 32.7 Å². The van der Waals surface area contributed by atoms with E-state index in [4.69, 9.17) is 19.9 Å². The van der Waals surface area contributed by atoms with E-state index in [-0.39, 0.29) is 12.1 Å². The van der Waals surface area contributed by atoms with E-state index in [1.165, 1.54) is 0 Å². The molecule has 2 fully saturated rings. The quantitative estimate of drug-likeness (QED) is 0.486. The Bertz CT molecular complexity index is 1050. The number of alkyl halides is 3. The third-order valence-electron chi connectivity index (χ3n) is 5.91. The van der Waals surface area contributed by atoms with Gasteiger partial charge in [0.05, 0.1) is 12.1 Å². The number of aliphatic hydroxyl groups excluding tert-OH is 1. The maximum absolute atomic E-state index is 12.5. The lowest BCUT2D eigenvalue weighted by atomic mass is 10.2. The lowest BCUT2D eigenvalue weighted by Gasteiger charge is -2.35. The molecule has 1 unspecified atom stereocenters. The predicted molar refractivity (Wildman–Crippen MR) is 120 cm³/mol. The van der Waals surface area contributed by atoms with Crippen LogP contribution in [0.25, 0.3) is 0 Å². The molecular weight excluding hydrogens is 491 g/mol. The maximum Gasteiger partial charge on any atom is 0.490 e. The second kappa shape index (κ2) is 9.99. The van der Waals surface area contributed by atoms with Crippen LogP contribution in [0, 0.1) is 0 Å². The number of piperazine rings is 1. The number of aryl methyl sites for hydroxylation is 1.